The summed E-state index contributed by atoms with van der Waals surface area (Å²) in [5.74, 6) is 0. The number of anilines is 1. The van der Waals surface area contributed by atoms with E-state index in [-0.39, 0.29) is 4.90 Å². The van der Waals surface area contributed by atoms with Gasteiger partial charge < -0.3 is 4.57 Å². The molecule has 0 spiro atoms. The number of hydrogen-bond donors (Lipinski definition) is 1. The molecule has 1 heterocycles. The first-order valence-electron chi connectivity index (χ1n) is 6.86. The van der Waals surface area contributed by atoms with Crippen LogP contribution < -0.4 is 4.72 Å². The average Bonchev–Trinajstić information content (AvgIpc) is 3.02. The van der Waals surface area contributed by atoms with E-state index in [4.69, 9.17) is 11.6 Å². The minimum atomic E-state index is -3.62. The number of hydrogen-bond acceptors (Lipinski definition) is 3. The second kappa shape index (κ2) is 6.44. The molecule has 0 unspecified atom stereocenters. The summed E-state index contributed by atoms with van der Waals surface area (Å²) in [4.78, 5) is 4.16. The fraction of sp³-hybridized carbons (Fsp3) is 0.0625. The molecule has 0 radical (unpaired) electrons. The third-order valence-corrected chi connectivity index (χ3v) is 4.90. The van der Waals surface area contributed by atoms with E-state index in [9.17, 15) is 8.42 Å². The smallest absolute Gasteiger partial charge is 0.261 e. The summed E-state index contributed by atoms with van der Waals surface area (Å²) in [6.07, 6.45) is 5.32. The van der Waals surface area contributed by atoms with Gasteiger partial charge in [-0.3, -0.25) is 4.72 Å². The Kier molecular flexibility index (Phi) is 4.36. The molecule has 3 rings (SSSR count). The quantitative estimate of drug-likeness (QED) is 0.769. The third kappa shape index (κ3) is 3.91. The van der Waals surface area contributed by atoms with Crippen LogP contribution in [-0.4, -0.2) is 18.0 Å². The maximum atomic E-state index is 12.3. The lowest BCUT2D eigenvalue weighted by Gasteiger charge is -2.09. The number of nitrogens with zero attached hydrogens (tertiary/aromatic N) is 2. The first-order chi connectivity index (χ1) is 11.0. The Hall–Kier alpha value is -2.31. The molecule has 3 aromatic rings. The molecule has 1 aromatic heterocycles. The molecule has 0 amide bonds. The van der Waals surface area contributed by atoms with Crippen LogP contribution in [0.4, 0.5) is 5.69 Å². The molecule has 0 saturated carbocycles. The summed E-state index contributed by atoms with van der Waals surface area (Å²) >= 11 is 5.78. The summed E-state index contributed by atoms with van der Waals surface area (Å²) in [6.45, 7) is 0.685. The number of rotatable bonds is 5. The van der Waals surface area contributed by atoms with Crippen LogP contribution in [0.1, 0.15) is 5.56 Å². The molecule has 23 heavy (non-hydrogen) atoms. The zero-order valence-electron chi connectivity index (χ0n) is 12.1. The highest BCUT2D eigenvalue weighted by Crippen LogP contribution is 2.19. The Morgan fingerprint density at radius 1 is 1.04 bits per heavy atom. The van der Waals surface area contributed by atoms with Crippen LogP contribution in [0.5, 0.6) is 0 Å². The van der Waals surface area contributed by atoms with Crippen molar-refractivity contribution in [1.29, 1.82) is 0 Å². The second-order valence-electron chi connectivity index (χ2n) is 4.99. The number of nitrogens with one attached hydrogen (secondary N) is 1. The van der Waals surface area contributed by atoms with Crippen LogP contribution in [0, 0.1) is 0 Å². The molecular weight excluding hydrogens is 334 g/mol. The zero-order chi connectivity index (χ0) is 16.3. The molecule has 0 atom stereocenters. The Morgan fingerprint density at radius 2 is 1.74 bits per heavy atom. The summed E-state index contributed by atoms with van der Waals surface area (Å²) in [6, 6.07) is 13.3. The van der Waals surface area contributed by atoms with Crippen LogP contribution in [0.2, 0.25) is 5.02 Å². The SMILES string of the molecule is O=S(=O)(Nc1ccc(Cn2ccnc2)cc1)c1ccc(Cl)cc1. The van der Waals surface area contributed by atoms with Gasteiger partial charge in [-0.05, 0) is 42.0 Å². The fourth-order valence-electron chi connectivity index (χ4n) is 2.10. The molecule has 5 nitrogen and oxygen atoms in total. The van der Waals surface area contributed by atoms with Gasteiger partial charge in [0, 0.05) is 29.6 Å². The highest BCUT2D eigenvalue weighted by molar-refractivity contribution is 7.92. The van der Waals surface area contributed by atoms with Gasteiger partial charge >= 0.3 is 0 Å². The topological polar surface area (TPSA) is 64.0 Å². The first kappa shape index (κ1) is 15.6. The highest BCUT2D eigenvalue weighted by atomic mass is 35.5. The van der Waals surface area contributed by atoms with Crippen molar-refractivity contribution in [2.45, 2.75) is 11.4 Å². The fourth-order valence-corrected chi connectivity index (χ4v) is 3.28. The zero-order valence-corrected chi connectivity index (χ0v) is 13.6. The van der Waals surface area contributed by atoms with Crippen LogP contribution in [-0.2, 0) is 16.6 Å². The molecule has 7 heteroatoms. The lowest BCUT2D eigenvalue weighted by atomic mass is 10.2. The van der Waals surface area contributed by atoms with Crippen LogP contribution >= 0.6 is 11.6 Å². The van der Waals surface area contributed by atoms with Gasteiger partial charge in [-0.2, -0.15) is 0 Å². The van der Waals surface area contributed by atoms with Gasteiger partial charge in [0.2, 0.25) is 0 Å². The first-order valence-corrected chi connectivity index (χ1v) is 8.72. The predicted octanol–water partition coefficient (Wildman–Crippen LogP) is 3.39. The van der Waals surface area contributed by atoms with Crippen LogP contribution in [0.25, 0.3) is 0 Å². The van der Waals surface area contributed by atoms with Crippen molar-refractivity contribution in [2.24, 2.45) is 0 Å². The number of imidazole rings is 1. The van der Waals surface area contributed by atoms with Gasteiger partial charge in [0.1, 0.15) is 0 Å². The van der Waals surface area contributed by atoms with Crippen molar-refractivity contribution in [3.8, 4) is 0 Å². The molecular formula is C16H14ClN3O2S. The number of halogens is 1. The molecule has 2 aromatic carbocycles. The van der Waals surface area contributed by atoms with Gasteiger partial charge in [0.25, 0.3) is 10.0 Å². The van der Waals surface area contributed by atoms with E-state index < -0.39 is 10.0 Å². The lowest BCUT2D eigenvalue weighted by Crippen LogP contribution is -2.12. The summed E-state index contributed by atoms with van der Waals surface area (Å²) in [7, 11) is -3.62. The Labute approximate surface area is 139 Å². The molecule has 0 aliphatic carbocycles. The molecule has 0 aliphatic rings. The number of benzene rings is 2. The molecule has 1 N–H and O–H groups in total. The standard InChI is InChI=1S/C16H14ClN3O2S/c17-14-3-7-16(8-4-14)23(21,22)19-15-5-1-13(2-6-15)11-20-10-9-18-12-20/h1-10,12,19H,11H2. The van der Waals surface area contributed by atoms with Gasteiger partial charge in [0.05, 0.1) is 11.2 Å². The maximum absolute atomic E-state index is 12.3. The van der Waals surface area contributed by atoms with Crippen LogP contribution in [0.15, 0.2) is 72.1 Å². The number of aromatic nitrogens is 2. The van der Waals surface area contributed by atoms with Gasteiger partial charge in [-0.15, -0.1) is 0 Å². The summed E-state index contributed by atoms with van der Waals surface area (Å²) in [5.41, 5.74) is 1.56. The molecule has 0 saturated heterocycles. The normalized spacial score (nSPS) is 11.3. The van der Waals surface area contributed by atoms with E-state index in [1.54, 1.807) is 36.8 Å². The highest BCUT2D eigenvalue weighted by Gasteiger charge is 2.13. The number of sulfonamides is 1. The summed E-state index contributed by atoms with van der Waals surface area (Å²) in [5, 5.41) is 0.493. The summed E-state index contributed by atoms with van der Waals surface area (Å²) < 4.78 is 29.1. The Bertz CT molecular complexity index is 874. The molecule has 0 bridgehead atoms. The Morgan fingerprint density at radius 3 is 2.35 bits per heavy atom. The van der Waals surface area contributed by atoms with E-state index in [2.05, 4.69) is 9.71 Å². The molecule has 118 valence electrons. The van der Waals surface area contributed by atoms with Gasteiger partial charge in [0.15, 0.2) is 0 Å². The van der Waals surface area contributed by atoms with Crippen molar-refractivity contribution in [1.82, 2.24) is 9.55 Å². The molecule has 0 aliphatic heterocycles. The van der Waals surface area contributed by atoms with Crippen molar-refractivity contribution >= 4 is 27.3 Å². The van der Waals surface area contributed by atoms with E-state index in [1.807, 2.05) is 22.9 Å². The Balaban J connectivity index is 1.73. The third-order valence-electron chi connectivity index (χ3n) is 3.25. The predicted molar refractivity (Wildman–Crippen MR) is 90.0 cm³/mol. The van der Waals surface area contributed by atoms with Crippen molar-refractivity contribution in [3.05, 3.63) is 77.8 Å². The van der Waals surface area contributed by atoms with Gasteiger partial charge in [-0.1, -0.05) is 23.7 Å². The lowest BCUT2D eigenvalue weighted by molar-refractivity contribution is 0.601. The van der Waals surface area contributed by atoms with Crippen molar-refractivity contribution < 1.29 is 8.42 Å². The van der Waals surface area contributed by atoms with Gasteiger partial charge in [-0.25, -0.2) is 13.4 Å². The maximum Gasteiger partial charge on any atom is 0.261 e. The largest absolute Gasteiger partial charge is 0.333 e. The second-order valence-corrected chi connectivity index (χ2v) is 7.11. The van der Waals surface area contributed by atoms with Crippen molar-refractivity contribution in [3.63, 3.8) is 0 Å². The van der Waals surface area contributed by atoms with Crippen molar-refractivity contribution in [2.75, 3.05) is 4.72 Å². The average molecular weight is 348 g/mol. The minimum absolute atomic E-state index is 0.171. The van der Waals surface area contributed by atoms with Crippen LogP contribution in [0.3, 0.4) is 0 Å². The van der Waals surface area contributed by atoms with E-state index in [0.29, 0.717) is 17.3 Å². The minimum Gasteiger partial charge on any atom is -0.333 e. The molecule has 0 fully saturated rings. The van der Waals surface area contributed by atoms with E-state index in [0.717, 1.165) is 5.56 Å². The monoisotopic (exact) mass is 347 g/mol. The van der Waals surface area contributed by atoms with E-state index in [1.165, 1.54) is 12.1 Å². The van der Waals surface area contributed by atoms with E-state index >= 15 is 0 Å².